The van der Waals surface area contributed by atoms with Crippen molar-refractivity contribution in [1.29, 1.82) is 0 Å². The van der Waals surface area contributed by atoms with Crippen molar-refractivity contribution >= 4 is 34.5 Å². The molecule has 0 bridgehead atoms. The summed E-state index contributed by atoms with van der Waals surface area (Å²) in [5, 5.41) is 11.8. The fraction of sp³-hybridized carbons (Fsp3) is 0. The van der Waals surface area contributed by atoms with Gasteiger partial charge in [-0.1, -0.05) is 12.1 Å². The van der Waals surface area contributed by atoms with Gasteiger partial charge in [-0.3, -0.25) is 10.1 Å². The fourth-order valence-electron chi connectivity index (χ4n) is 2.48. The van der Waals surface area contributed by atoms with Crippen LogP contribution in [0.4, 0.5) is 5.95 Å². The topological polar surface area (TPSA) is 112 Å². The molecule has 8 heteroatoms. The third-order valence-corrected chi connectivity index (χ3v) is 3.57. The van der Waals surface area contributed by atoms with Crippen LogP contribution >= 0.6 is 0 Å². The van der Waals surface area contributed by atoms with Gasteiger partial charge in [0.1, 0.15) is 16.9 Å². The van der Waals surface area contributed by atoms with E-state index in [1.165, 1.54) is 6.07 Å². The van der Waals surface area contributed by atoms with Gasteiger partial charge in [0.2, 0.25) is 5.95 Å². The van der Waals surface area contributed by atoms with Crippen molar-refractivity contribution in [2.24, 2.45) is 0 Å². The van der Waals surface area contributed by atoms with Gasteiger partial charge in [0.15, 0.2) is 0 Å². The Bertz CT molecular complexity index is 1060. The molecule has 0 aliphatic carbocycles. The third kappa shape index (κ3) is 2.26. The predicted molar refractivity (Wildman–Crippen MR) is 86.2 cm³/mol. The van der Waals surface area contributed by atoms with Gasteiger partial charge >= 0.3 is 5.97 Å². The van der Waals surface area contributed by atoms with E-state index >= 15 is 0 Å². The van der Waals surface area contributed by atoms with E-state index in [1.54, 1.807) is 35.0 Å². The van der Waals surface area contributed by atoms with E-state index < -0.39 is 11.9 Å². The normalized spacial score (nSPS) is 11.0. The molecule has 1 amide bonds. The standard InChI is InChI=1S/C16H11N5O3/c22-14(11-8-21-7-2-1-6-12(21)17-11)20-16-18-10-5-3-4-9(15(23)24)13(10)19-16/h1-8H,(H,23,24)(H2,18,19,20,22). The smallest absolute Gasteiger partial charge is 0.337 e. The maximum atomic E-state index is 12.3. The van der Waals surface area contributed by atoms with Crippen LogP contribution in [0, 0.1) is 0 Å². The molecule has 0 unspecified atom stereocenters. The van der Waals surface area contributed by atoms with E-state index in [-0.39, 0.29) is 22.7 Å². The summed E-state index contributed by atoms with van der Waals surface area (Å²) in [4.78, 5) is 34.8. The maximum absolute atomic E-state index is 12.3. The molecule has 0 saturated carbocycles. The summed E-state index contributed by atoms with van der Waals surface area (Å²) in [5.41, 5.74) is 1.77. The molecule has 0 saturated heterocycles. The minimum atomic E-state index is -1.08. The lowest BCUT2D eigenvalue weighted by Crippen LogP contribution is -2.13. The number of imidazole rings is 2. The lowest BCUT2D eigenvalue weighted by molar-refractivity contribution is 0.0698. The number of carbonyl (C=O) groups excluding carboxylic acids is 1. The average molecular weight is 321 g/mol. The molecule has 0 atom stereocenters. The van der Waals surface area contributed by atoms with Crippen LogP contribution in [0.1, 0.15) is 20.8 Å². The molecule has 0 fully saturated rings. The molecular formula is C16H11N5O3. The van der Waals surface area contributed by atoms with Gasteiger partial charge < -0.3 is 14.5 Å². The van der Waals surface area contributed by atoms with Crippen LogP contribution in [0.15, 0.2) is 48.8 Å². The van der Waals surface area contributed by atoms with Crippen LogP contribution in [0.2, 0.25) is 0 Å². The minimum Gasteiger partial charge on any atom is -0.478 e. The van der Waals surface area contributed by atoms with E-state index in [2.05, 4.69) is 20.3 Å². The molecule has 0 aliphatic rings. The molecule has 3 N–H and O–H groups in total. The van der Waals surface area contributed by atoms with Crippen molar-refractivity contribution < 1.29 is 14.7 Å². The highest BCUT2D eigenvalue weighted by molar-refractivity contribution is 6.05. The predicted octanol–water partition coefficient (Wildman–Crippen LogP) is 2.16. The van der Waals surface area contributed by atoms with Gasteiger partial charge in [-0.05, 0) is 24.3 Å². The van der Waals surface area contributed by atoms with Crippen molar-refractivity contribution in [3.63, 3.8) is 0 Å². The number of hydrogen-bond donors (Lipinski definition) is 3. The highest BCUT2D eigenvalue weighted by atomic mass is 16.4. The number of aromatic amines is 1. The van der Waals surface area contributed by atoms with Gasteiger partial charge in [0, 0.05) is 12.4 Å². The Morgan fingerprint density at radius 3 is 2.79 bits per heavy atom. The number of para-hydroxylation sites is 1. The second-order valence-corrected chi connectivity index (χ2v) is 5.14. The first-order valence-corrected chi connectivity index (χ1v) is 7.09. The van der Waals surface area contributed by atoms with Crippen LogP contribution in [-0.2, 0) is 0 Å². The molecule has 24 heavy (non-hydrogen) atoms. The first-order chi connectivity index (χ1) is 11.6. The Morgan fingerprint density at radius 1 is 1.12 bits per heavy atom. The lowest BCUT2D eigenvalue weighted by Gasteiger charge is -1.97. The van der Waals surface area contributed by atoms with E-state index in [1.807, 2.05) is 12.1 Å². The Kier molecular flexibility index (Phi) is 3.02. The van der Waals surface area contributed by atoms with Gasteiger partial charge in [-0.2, -0.15) is 0 Å². The number of nitrogens with one attached hydrogen (secondary N) is 2. The molecule has 0 spiro atoms. The zero-order valence-electron chi connectivity index (χ0n) is 12.2. The SMILES string of the molecule is O=C(Nc1nc2c(C(=O)O)cccc2[nH]1)c1cn2ccccc2n1. The van der Waals surface area contributed by atoms with E-state index in [9.17, 15) is 14.7 Å². The van der Waals surface area contributed by atoms with Crippen molar-refractivity contribution in [1.82, 2.24) is 19.4 Å². The molecule has 8 nitrogen and oxygen atoms in total. The summed E-state index contributed by atoms with van der Waals surface area (Å²) in [6.07, 6.45) is 3.40. The van der Waals surface area contributed by atoms with Crippen molar-refractivity contribution in [3.8, 4) is 0 Å². The Morgan fingerprint density at radius 2 is 2.00 bits per heavy atom. The number of aromatic carboxylic acids is 1. The molecule has 4 aromatic rings. The first-order valence-electron chi connectivity index (χ1n) is 7.09. The van der Waals surface area contributed by atoms with E-state index in [4.69, 9.17) is 0 Å². The van der Waals surface area contributed by atoms with Crippen LogP contribution in [0.25, 0.3) is 16.7 Å². The molecule has 3 heterocycles. The van der Waals surface area contributed by atoms with E-state index in [0.29, 0.717) is 11.2 Å². The summed E-state index contributed by atoms with van der Waals surface area (Å²) in [6.45, 7) is 0. The first kappa shape index (κ1) is 13.9. The molecule has 4 rings (SSSR count). The second-order valence-electron chi connectivity index (χ2n) is 5.14. The van der Waals surface area contributed by atoms with Crippen molar-refractivity contribution in [3.05, 3.63) is 60.0 Å². The van der Waals surface area contributed by atoms with Gasteiger partial charge in [0.25, 0.3) is 5.91 Å². The fourth-order valence-corrected chi connectivity index (χ4v) is 2.48. The van der Waals surface area contributed by atoms with Gasteiger partial charge in [0.05, 0.1) is 11.1 Å². The monoisotopic (exact) mass is 321 g/mol. The Labute approximate surface area is 134 Å². The third-order valence-electron chi connectivity index (χ3n) is 3.57. The number of rotatable bonds is 3. The number of nitrogens with zero attached hydrogens (tertiary/aromatic N) is 3. The number of benzene rings is 1. The van der Waals surface area contributed by atoms with Crippen LogP contribution in [0.5, 0.6) is 0 Å². The molecule has 1 aromatic carbocycles. The largest absolute Gasteiger partial charge is 0.478 e. The molecule has 0 aliphatic heterocycles. The minimum absolute atomic E-state index is 0.0666. The van der Waals surface area contributed by atoms with Crippen molar-refractivity contribution in [2.75, 3.05) is 5.32 Å². The highest BCUT2D eigenvalue weighted by Crippen LogP contribution is 2.19. The molecule has 0 radical (unpaired) electrons. The molecule has 118 valence electrons. The lowest BCUT2D eigenvalue weighted by atomic mass is 10.2. The van der Waals surface area contributed by atoms with Crippen LogP contribution < -0.4 is 5.32 Å². The zero-order valence-corrected chi connectivity index (χ0v) is 12.2. The zero-order chi connectivity index (χ0) is 16.7. The summed E-state index contributed by atoms with van der Waals surface area (Å²) < 4.78 is 1.73. The quantitative estimate of drug-likeness (QED) is 0.535. The van der Waals surface area contributed by atoms with E-state index in [0.717, 1.165) is 0 Å². The highest BCUT2D eigenvalue weighted by Gasteiger charge is 2.16. The molecular weight excluding hydrogens is 310 g/mol. The number of pyridine rings is 1. The van der Waals surface area contributed by atoms with Crippen LogP contribution in [-0.4, -0.2) is 36.3 Å². The van der Waals surface area contributed by atoms with Gasteiger partial charge in [-0.25, -0.2) is 14.8 Å². The average Bonchev–Trinajstić information content (AvgIpc) is 3.17. The number of fused-ring (bicyclic) bond motifs is 2. The summed E-state index contributed by atoms with van der Waals surface area (Å²) >= 11 is 0. The summed E-state index contributed by atoms with van der Waals surface area (Å²) in [6, 6.07) is 10.2. The number of amides is 1. The van der Waals surface area contributed by atoms with Crippen LogP contribution in [0.3, 0.4) is 0 Å². The van der Waals surface area contributed by atoms with Gasteiger partial charge in [-0.15, -0.1) is 0 Å². The number of hydrogen-bond acceptors (Lipinski definition) is 4. The number of carboxylic acid groups (broad SMARTS) is 1. The number of anilines is 1. The maximum Gasteiger partial charge on any atom is 0.337 e. The molecule has 3 aromatic heterocycles. The second kappa shape index (κ2) is 5.20. The number of aromatic nitrogens is 4. The summed E-state index contributed by atoms with van der Waals surface area (Å²) in [7, 11) is 0. The van der Waals surface area contributed by atoms with Crippen molar-refractivity contribution in [2.45, 2.75) is 0 Å². The Balaban J connectivity index is 1.67. The number of H-pyrrole nitrogens is 1. The summed E-state index contributed by atoms with van der Waals surface area (Å²) in [5.74, 6) is -1.35. The number of carboxylic acids is 1. The Hall–Kier alpha value is -3.68. The number of carbonyl (C=O) groups is 2.